The van der Waals surface area contributed by atoms with E-state index in [2.05, 4.69) is 25.7 Å². The summed E-state index contributed by atoms with van der Waals surface area (Å²) in [6, 6.07) is 2.22. The maximum absolute atomic E-state index is 13.9. The van der Waals surface area contributed by atoms with Gasteiger partial charge >= 0.3 is 6.18 Å². The van der Waals surface area contributed by atoms with Crippen LogP contribution in [0.5, 0.6) is 0 Å². The van der Waals surface area contributed by atoms with Crippen LogP contribution < -0.4 is 5.32 Å². The van der Waals surface area contributed by atoms with Crippen LogP contribution >= 0.6 is 0 Å². The van der Waals surface area contributed by atoms with Crippen LogP contribution in [0.3, 0.4) is 0 Å². The van der Waals surface area contributed by atoms with Crippen molar-refractivity contribution in [2.24, 2.45) is 0 Å². The maximum atomic E-state index is 13.9. The van der Waals surface area contributed by atoms with Gasteiger partial charge in [-0.25, -0.2) is 9.07 Å². The molecule has 0 aliphatic carbocycles. The Labute approximate surface area is 165 Å². The smallest absolute Gasteiger partial charge is 0.350 e. The second-order valence-electron chi connectivity index (χ2n) is 7.02. The lowest BCUT2D eigenvalue weighted by Crippen LogP contribution is -2.31. The number of alkyl halides is 3. The number of carbonyl (C=O) groups excluding carboxylic acids is 1. The first kappa shape index (κ1) is 21.2. The van der Waals surface area contributed by atoms with E-state index in [1.165, 1.54) is 17.5 Å². The van der Waals surface area contributed by atoms with E-state index in [4.69, 9.17) is 0 Å². The molecule has 2 heterocycles. The Morgan fingerprint density at radius 2 is 1.86 bits per heavy atom. The summed E-state index contributed by atoms with van der Waals surface area (Å²) in [6.07, 6.45) is 0.00266. The molecule has 0 bridgehead atoms. The molecule has 29 heavy (non-hydrogen) atoms. The molecule has 2 aromatic rings. The summed E-state index contributed by atoms with van der Waals surface area (Å²) >= 11 is 0. The van der Waals surface area contributed by atoms with Crippen LogP contribution in [0.25, 0.3) is 0 Å². The van der Waals surface area contributed by atoms with Crippen molar-refractivity contribution < 1.29 is 22.4 Å². The van der Waals surface area contributed by atoms with Gasteiger partial charge in [0.15, 0.2) is 5.82 Å². The topological polar surface area (TPSA) is 75.9 Å². The van der Waals surface area contributed by atoms with Crippen molar-refractivity contribution in [2.45, 2.75) is 51.5 Å². The van der Waals surface area contributed by atoms with Crippen molar-refractivity contribution >= 4 is 5.91 Å². The third kappa shape index (κ3) is 5.96. The summed E-state index contributed by atoms with van der Waals surface area (Å²) in [5.41, 5.74) is -1.11. The molecule has 1 amide bonds. The molecule has 1 aliphatic rings. The average Bonchev–Trinajstić information content (AvgIpc) is 2.92. The van der Waals surface area contributed by atoms with Crippen molar-refractivity contribution in [3.05, 3.63) is 41.0 Å². The second kappa shape index (κ2) is 9.29. The first-order valence-corrected chi connectivity index (χ1v) is 9.42. The minimum atomic E-state index is -4.62. The Balaban J connectivity index is 1.54. The van der Waals surface area contributed by atoms with Gasteiger partial charge in [0.05, 0.1) is 12.1 Å². The largest absolute Gasteiger partial charge is 0.416 e. The highest BCUT2D eigenvalue weighted by Gasteiger charge is 2.31. The third-order valence-corrected chi connectivity index (χ3v) is 4.82. The molecular weight excluding hydrogens is 392 g/mol. The van der Waals surface area contributed by atoms with Gasteiger partial charge in [-0.05, 0) is 48.5 Å². The molecule has 1 aliphatic heterocycles. The van der Waals surface area contributed by atoms with Crippen LogP contribution in [0.4, 0.5) is 17.6 Å². The number of hydrogen-bond donors (Lipinski definition) is 1. The molecule has 11 heteroatoms. The molecule has 1 aromatic carbocycles. The van der Waals surface area contributed by atoms with Crippen molar-refractivity contribution in [1.29, 1.82) is 0 Å². The summed E-state index contributed by atoms with van der Waals surface area (Å²) in [5.74, 6) is -0.930. The zero-order valence-corrected chi connectivity index (χ0v) is 15.8. The van der Waals surface area contributed by atoms with E-state index in [0.717, 1.165) is 38.1 Å². The number of nitrogens with one attached hydrogen (secondary N) is 1. The van der Waals surface area contributed by atoms with Gasteiger partial charge in [0.1, 0.15) is 12.4 Å². The zero-order chi connectivity index (χ0) is 20.9. The third-order valence-electron chi connectivity index (χ3n) is 4.82. The highest BCUT2D eigenvalue weighted by atomic mass is 19.4. The van der Waals surface area contributed by atoms with Gasteiger partial charge in [0, 0.05) is 12.1 Å². The molecule has 0 unspecified atom stereocenters. The normalized spacial score (nSPS) is 15.9. The summed E-state index contributed by atoms with van der Waals surface area (Å²) in [6.45, 7) is 2.05. The first-order valence-electron chi connectivity index (χ1n) is 9.42. The van der Waals surface area contributed by atoms with Crippen LogP contribution in [0.2, 0.25) is 0 Å². The van der Waals surface area contributed by atoms with Crippen molar-refractivity contribution in [3.63, 3.8) is 0 Å². The van der Waals surface area contributed by atoms with E-state index >= 15 is 0 Å². The van der Waals surface area contributed by atoms with E-state index in [1.807, 2.05) is 0 Å². The van der Waals surface area contributed by atoms with E-state index in [9.17, 15) is 22.4 Å². The minimum absolute atomic E-state index is 0.0344. The molecule has 7 nitrogen and oxygen atoms in total. The highest BCUT2D eigenvalue weighted by Crippen LogP contribution is 2.30. The maximum Gasteiger partial charge on any atom is 0.416 e. The van der Waals surface area contributed by atoms with Gasteiger partial charge in [-0.1, -0.05) is 18.9 Å². The predicted molar refractivity (Wildman–Crippen MR) is 94.8 cm³/mol. The van der Waals surface area contributed by atoms with Gasteiger partial charge in [-0.2, -0.15) is 13.2 Å². The number of nitrogens with zero attached hydrogens (tertiary/aromatic N) is 5. The molecule has 0 spiro atoms. The number of likely N-dealkylation sites (tertiary alicyclic amines) is 1. The number of aromatic nitrogens is 4. The van der Waals surface area contributed by atoms with Gasteiger partial charge in [-0.3, -0.25) is 9.69 Å². The summed E-state index contributed by atoms with van der Waals surface area (Å²) in [7, 11) is 0. The van der Waals surface area contributed by atoms with Gasteiger partial charge in [0.2, 0.25) is 5.91 Å². The number of rotatable bonds is 6. The quantitative estimate of drug-likeness (QED) is 0.736. The highest BCUT2D eigenvalue weighted by molar-refractivity contribution is 5.75. The molecule has 3 rings (SSSR count). The number of hydrogen-bond acceptors (Lipinski definition) is 5. The predicted octanol–water partition coefficient (Wildman–Crippen LogP) is 2.52. The average molecular weight is 414 g/mol. The van der Waals surface area contributed by atoms with Gasteiger partial charge in [-0.15, -0.1) is 5.10 Å². The van der Waals surface area contributed by atoms with Gasteiger partial charge < -0.3 is 5.32 Å². The first-order chi connectivity index (χ1) is 13.8. The lowest BCUT2D eigenvalue weighted by molar-refractivity contribution is -0.137. The van der Waals surface area contributed by atoms with E-state index in [-0.39, 0.29) is 18.7 Å². The summed E-state index contributed by atoms with van der Waals surface area (Å²) in [4.78, 5) is 14.4. The number of tetrazole rings is 1. The van der Waals surface area contributed by atoms with E-state index < -0.39 is 23.5 Å². The molecule has 0 atom stereocenters. The van der Waals surface area contributed by atoms with Crippen LogP contribution in [0, 0.1) is 5.82 Å². The van der Waals surface area contributed by atoms with Crippen LogP contribution in [-0.2, 0) is 30.6 Å². The number of halogens is 4. The number of amides is 1. The van der Waals surface area contributed by atoms with Crippen molar-refractivity contribution in [1.82, 2.24) is 30.4 Å². The van der Waals surface area contributed by atoms with Crippen LogP contribution in [0.15, 0.2) is 18.2 Å². The van der Waals surface area contributed by atoms with Crippen molar-refractivity contribution in [2.75, 3.05) is 13.1 Å². The summed E-state index contributed by atoms with van der Waals surface area (Å²) < 4.78 is 53.0. The Morgan fingerprint density at radius 1 is 1.14 bits per heavy atom. The monoisotopic (exact) mass is 414 g/mol. The summed E-state index contributed by atoms with van der Waals surface area (Å²) in [5, 5.41) is 13.9. The molecule has 1 saturated heterocycles. The Hall–Kier alpha value is -2.56. The molecule has 158 valence electrons. The molecule has 1 N–H and O–H groups in total. The Bertz CT molecular complexity index is 830. The molecule has 1 aromatic heterocycles. The Kier molecular flexibility index (Phi) is 6.78. The molecule has 0 radical (unpaired) electrons. The number of carbonyl (C=O) groups is 1. The fraction of sp³-hybridized carbons (Fsp3) is 0.556. The zero-order valence-electron chi connectivity index (χ0n) is 15.8. The lowest BCUT2D eigenvalue weighted by Gasteiger charge is -2.18. The fourth-order valence-corrected chi connectivity index (χ4v) is 3.21. The van der Waals surface area contributed by atoms with Crippen LogP contribution in [0.1, 0.15) is 42.6 Å². The minimum Gasteiger partial charge on any atom is -0.350 e. The molecule has 1 fully saturated rings. The van der Waals surface area contributed by atoms with E-state index in [0.29, 0.717) is 18.4 Å². The molecular formula is C18H22F4N6O. The standard InChI is InChI=1S/C18H22F4N6O/c19-15-9-14(18(20,21)22)6-5-13(15)10-23-17(29)12-28-16(24-25-26-28)11-27-7-3-1-2-4-8-27/h5-6,9H,1-4,7-8,10-12H2,(H,23,29). The van der Waals surface area contributed by atoms with Crippen molar-refractivity contribution in [3.8, 4) is 0 Å². The second-order valence-corrected chi connectivity index (χ2v) is 7.02. The lowest BCUT2D eigenvalue weighted by atomic mass is 10.1. The Morgan fingerprint density at radius 3 is 2.52 bits per heavy atom. The SMILES string of the molecule is O=C(Cn1nnnc1CN1CCCCCC1)NCc1ccc(C(F)(F)F)cc1F. The van der Waals surface area contributed by atoms with E-state index in [1.54, 1.807) is 0 Å². The molecule has 0 saturated carbocycles. The fourth-order valence-electron chi connectivity index (χ4n) is 3.21. The van der Waals surface area contributed by atoms with Crippen LogP contribution in [-0.4, -0.2) is 44.1 Å². The van der Waals surface area contributed by atoms with Gasteiger partial charge in [0.25, 0.3) is 0 Å². The number of benzene rings is 1.